The zero-order valence-corrected chi connectivity index (χ0v) is 15.2. The lowest BCUT2D eigenvalue weighted by Crippen LogP contribution is -2.29. The molecule has 0 bridgehead atoms. The van der Waals surface area contributed by atoms with E-state index in [9.17, 15) is 14.4 Å². The van der Waals surface area contributed by atoms with E-state index in [0.717, 1.165) is 16.9 Å². The third-order valence-corrected chi connectivity index (χ3v) is 4.70. The zero-order chi connectivity index (χ0) is 19.7. The topological polar surface area (TPSA) is 63.7 Å². The number of esters is 1. The van der Waals surface area contributed by atoms with Crippen molar-refractivity contribution >= 4 is 23.5 Å². The van der Waals surface area contributed by atoms with Crippen molar-refractivity contribution in [2.24, 2.45) is 0 Å². The van der Waals surface area contributed by atoms with E-state index in [4.69, 9.17) is 4.74 Å². The van der Waals surface area contributed by atoms with Crippen LogP contribution < -0.4 is 9.64 Å². The number of amides is 2. The summed E-state index contributed by atoms with van der Waals surface area (Å²) < 4.78 is 5.38. The third kappa shape index (κ3) is 3.07. The Morgan fingerprint density at radius 2 is 1.39 bits per heavy atom. The Morgan fingerprint density at radius 1 is 0.821 bits per heavy atom. The lowest BCUT2D eigenvalue weighted by molar-refractivity contribution is 0.0733. The maximum atomic E-state index is 12.5. The highest BCUT2D eigenvalue weighted by Gasteiger charge is 2.36. The molecule has 0 spiro atoms. The molecule has 0 fully saturated rings. The third-order valence-electron chi connectivity index (χ3n) is 4.70. The molecular formula is C23H17NO4. The van der Waals surface area contributed by atoms with Gasteiger partial charge in [-0.3, -0.25) is 9.59 Å². The largest absolute Gasteiger partial charge is 0.423 e. The Morgan fingerprint density at radius 3 is 1.93 bits per heavy atom. The van der Waals surface area contributed by atoms with Crippen molar-refractivity contribution in [1.82, 2.24) is 0 Å². The van der Waals surface area contributed by atoms with Gasteiger partial charge in [0.15, 0.2) is 0 Å². The Labute approximate surface area is 162 Å². The van der Waals surface area contributed by atoms with E-state index in [2.05, 4.69) is 0 Å². The van der Waals surface area contributed by atoms with Crippen LogP contribution in [0, 0.1) is 0 Å². The smallest absolute Gasteiger partial charge is 0.343 e. The average Bonchev–Trinajstić information content (AvgIpc) is 2.99. The van der Waals surface area contributed by atoms with Crippen LogP contribution in [0.15, 0.2) is 72.8 Å². The highest BCUT2D eigenvalue weighted by molar-refractivity contribution is 6.34. The van der Waals surface area contributed by atoms with Crippen LogP contribution in [0.25, 0.3) is 0 Å². The van der Waals surface area contributed by atoms with E-state index in [1.165, 1.54) is 0 Å². The lowest BCUT2D eigenvalue weighted by atomic mass is 10.1. The van der Waals surface area contributed by atoms with E-state index in [0.29, 0.717) is 28.1 Å². The van der Waals surface area contributed by atoms with E-state index < -0.39 is 5.97 Å². The second-order valence-corrected chi connectivity index (χ2v) is 6.43. The fraction of sp³-hybridized carbons (Fsp3) is 0.0870. The van der Waals surface area contributed by atoms with Gasteiger partial charge in [0.1, 0.15) is 5.75 Å². The summed E-state index contributed by atoms with van der Waals surface area (Å²) in [5.41, 5.74) is 2.80. The van der Waals surface area contributed by atoms with Gasteiger partial charge in [-0.2, -0.15) is 0 Å². The first-order valence-electron chi connectivity index (χ1n) is 8.97. The molecule has 0 saturated heterocycles. The van der Waals surface area contributed by atoms with E-state index in [1.54, 1.807) is 60.7 Å². The first kappa shape index (κ1) is 17.7. The van der Waals surface area contributed by atoms with Gasteiger partial charge in [-0.05, 0) is 60.5 Å². The molecule has 2 amide bonds. The molecule has 0 saturated carbocycles. The van der Waals surface area contributed by atoms with Crippen LogP contribution in [-0.4, -0.2) is 17.8 Å². The highest BCUT2D eigenvalue weighted by atomic mass is 16.5. The Kier molecular flexibility index (Phi) is 4.49. The average molecular weight is 371 g/mol. The number of rotatable bonds is 4. The summed E-state index contributed by atoms with van der Waals surface area (Å²) in [6.07, 6.45) is 0.897. The number of aryl methyl sites for hydroxylation is 1. The Hall–Kier alpha value is -3.73. The van der Waals surface area contributed by atoms with Crippen LogP contribution in [0.5, 0.6) is 5.75 Å². The molecule has 0 unspecified atom stereocenters. The molecule has 1 heterocycles. The van der Waals surface area contributed by atoms with Gasteiger partial charge in [-0.25, -0.2) is 9.69 Å². The fourth-order valence-corrected chi connectivity index (χ4v) is 3.13. The minimum Gasteiger partial charge on any atom is -0.423 e. The van der Waals surface area contributed by atoms with Crippen LogP contribution in [0.2, 0.25) is 0 Å². The van der Waals surface area contributed by atoms with Gasteiger partial charge in [0.2, 0.25) is 0 Å². The van der Waals surface area contributed by atoms with Gasteiger partial charge in [0.25, 0.3) is 11.8 Å². The van der Waals surface area contributed by atoms with Gasteiger partial charge >= 0.3 is 5.97 Å². The molecule has 3 aromatic carbocycles. The molecule has 28 heavy (non-hydrogen) atoms. The summed E-state index contributed by atoms with van der Waals surface area (Å²) in [6, 6.07) is 20.3. The monoisotopic (exact) mass is 371 g/mol. The number of imide groups is 1. The first-order chi connectivity index (χ1) is 13.6. The van der Waals surface area contributed by atoms with E-state index in [-0.39, 0.29) is 11.8 Å². The van der Waals surface area contributed by atoms with Gasteiger partial charge in [-0.15, -0.1) is 0 Å². The molecule has 0 N–H and O–H groups in total. The molecule has 0 aliphatic carbocycles. The summed E-state index contributed by atoms with van der Waals surface area (Å²) >= 11 is 0. The summed E-state index contributed by atoms with van der Waals surface area (Å²) in [6.45, 7) is 2.04. The van der Waals surface area contributed by atoms with Crippen molar-refractivity contribution in [3.8, 4) is 5.75 Å². The molecule has 5 nitrogen and oxygen atoms in total. The quantitative estimate of drug-likeness (QED) is 0.390. The number of hydrogen-bond acceptors (Lipinski definition) is 4. The molecule has 3 aromatic rings. The summed E-state index contributed by atoms with van der Waals surface area (Å²) in [5, 5.41) is 0. The number of fused-ring (bicyclic) bond motifs is 1. The van der Waals surface area contributed by atoms with Crippen molar-refractivity contribution in [3.63, 3.8) is 0 Å². The van der Waals surface area contributed by atoms with E-state index in [1.807, 2.05) is 19.1 Å². The van der Waals surface area contributed by atoms with Crippen molar-refractivity contribution in [2.45, 2.75) is 13.3 Å². The number of carbonyl (C=O) groups excluding carboxylic acids is 3. The van der Waals surface area contributed by atoms with Crippen LogP contribution in [0.4, 0.5) is 5.69 Å². The van der Waals surface area contributed by atoms with Crippen molar-refractivity contribution in [3.05, 3.63) is 95.1 Å². The second-order valence-electron chi connectivity index (χ2n) is 6.43. The molecule has 0 aromatic heterocycles. The number of anilines is 1. The lowest BCUT2D eigenvalue weighted by Gasteiger charge is -2.14. The molecule has 5 heteroatoms. The minimum atomic E-state index is -0.462. The van der Waals surface area contributed by atoms with Gasteiger partial charge in [0.05, 0.1) is 22.4 Å². The predicted molar refractivity (Wildman–Crippen MR) is 105 cm³/mol. The highest BCUT2D eigenvalue weighted by Crippen LogP contribution is 2.29. The van der Waals surface area contributed by atoms with Crippen LogP contribution in [-0.2, 0) is 6.42 Å². The SMILES string of the molecule is CCc1ccc(C(=O)Oc2ccc(N3C(=O)c4ccccc4C3=O)cc2)cc1. The van der Waals surface area contributed by atoms with Crippen LogP contribution >= 0.6 is 0 Å². The maximum absolute atomic E-state index is 12.5. The minimum absolute atomic E-state index is 0.338. The number of benzene rings is 3. The molecule has 1 aliphatic heterocycles. The molecule has 0 atom stereocenters. The maximum Gasteiger partial charge on any atom is 0.343 e. The number of hydrogen-bond donors (Lipinski definition) is 0. The van der Waals surface area contributed by atoms with Crippen LogP contribution in [0.3, 0.4) is 0 Å². The molecule has 138 valence electrons. The number of ether oxygens (including phenoxy) is 1. The zero-order valence-electron chi connectivity index (χ0n) is 15.2. The Balaban J connectivity index is 1.51. The summed E-state index contributed by atoms with van der Waals surface area (Å²) in [4.78, 5) is 38.4. The first-order valence-corrected chi connectivity index (χ1v) is 8.97. The molecule has 4 rings (SSSR count). The Bertz CT molecular complexity index is 1030. The van der Waals surface area contributed by atoms with Crippen molar-refractivity contribution < 1.29 is 19.1 Å². The predicted octanol–water partition coefficient (Wildman–Crippen LogP) is 4.27. The molecular weight excluding hydrogens is 354 g/mol. The molecule has 0 radical (unpaired) electrons. The normalized spacial score (nSPS) is 12.8. The summed E-state index contributed by atoms with van der Waals surface area (Å²) in [5.74, 6) is -0.844. The van der Waals surface area contributed by atoms with Crippen molar-refractivity contribution in [1.29, 1.82) is 0 Å². The fourth-order valence-electron chi connectivity index (χ4n) is 3.13. The molecule has 1 aliphatic rings. The van der Waals surface area contributed by atoms with Crippen molar-refractivity contribution in [2.75, 3.05) is 4.90 Å². The van der Waals surface area contributed by atoms with Gasteiger partial charge in [-0.1, -0.05) is 31.2 Å². The second kappa shape index (κ2) is 7.12. The number of nitrogens with zero attached hydrogens (tertiary/aromatic N) is 1. The summed E-state index contributed by atoms with van der Waals surface area (Å²) in [7, 11) is 0. The van der Waals surface area contributed by atoms with Gasteiger partial charge < -0.3 is 4.74 Å². The van der Waals surface area contributed by atoms with Gasteiger partial charge in [0, 0.05) is 0 Å². The van der Waals surface area contributed by atoms with E-state index >= 15 is 0 Å². The standard InChI is InChI=1S/C23H17NO4/c1-2-15-7-9-16(10-8-15)23(27)28-18-13-11-17(12-14-18)24-21(25)19-5-3-4-6-20(19)22(24)26/h3-14H,2H2,1H3. The number of carbonyl (C=O) groups is 3. The van der Waals surface area contributed by atoms with Crippen LogP contribution in [0.1, 0.15) is 43.6 Å².